The van der Waals surface area contributed by atoms with Crippen molar-refractivity contribution < 1.29 is 25.2 Å². The molecular weight excluding hydrogens is 236 g/mol. The van der Waals surface area contributed by atoms with Gasteiger partial charge in [0.25, 0.3) is 0 Å². The van der Waals surface area contributed by atoms with Crippen LogP contribution in [0, 0.1) is 5.41 Å². The topological polar surface area (TPSA) is 90.2 Å². The predicted octanol–water partition coefficient (Wildman–Crippen LogP) is 0.545. The van der Waals surface area contributed by atoms with Gasteiger partial charge >= 0.3 is 0 Å². The Hall–Kier alpha value is -0.200. The Labute approximate surface area is 110 Å². The fourth-order valence-electron chi connectivity index (χ4n) is 1.39. The molecule has 0 fully saturated rings. The van der Waals surface area contributed by atoms with Gasteiger partial charge in [-0.05, 0) is 12.8 Å². The minimum atomic E-state index is -0.212. The molecule has 0 aliphatic heterocycles. The molecule has 0 aliphatic rings. The number of ether oxygens (including phenoxy) is 1. The van der Waals surface area contributed by atoms with Crippen LogP contribution in [0.15, 0.2) is 0 Å². The molecule has 0 unspecified atom stereocenters. The van der Waals surface area contributed by atoms with Gasteiger partial charge in [0, 0.05) is 5.41 Å². The third kappa shape index (κ3) is 10.9. The van der Waals surface area contributed by atoms with E-state index in [1.807, 2.05) is 6.92 Å². The van der Waals surface area contributed by atoms with Crippen LogP contribution < -0.4 is 0 Å². The van der Waals surface area contributed by atoms with Gasteiger partial charge in [-0.15, -0.1) is 0 Å². The summed E-state index contributed by atoms with van der Waals surface area (Å²) in [5.41, 5.74) is -0.212. The van der Waals surface area contributed by atoms with Crippen LogP contribution in [0.3, 0.4) is 0 Å². The molecule has 0 heterocycles. The molecule has 0 radical (unpaired) electrons. The molecule has 112 valence electrons. The highest BCUT2D eigenvalue weighted by atomic mass is 16.5. The van der Waals surface area contributed by atoms with Gasteiger partial charge in [0.05, 0.1) is 39.6 Å². The Morgan fingerprint density at radius 3 is 1.67 bits per heavy atom. The number of hydrogen-bond acceptors (Lipinski definition) is 5. The summed E-state index contributed by atoms with van der Waals surface area (Å²) >= 11 is 0. The molecule has 0 aromatic heterocycles. The van der Waals surface area contributed by atoms with Crippen LogP contribution in [0.5, 0.6) is 0 Å². The molecule has 0 atom stereocenters. The second-order valence-corrected chi connectivity index (χ2v) is 4.33. The lowest BCUT2D eigenvalue weighted by molar-refractivity contribution is 0.0420. The molecule has 0 bridgehead atoms. The molecule has 0 amide bonds. The Balaban J connectivity index is 0. The first-order chi connectivity index (χ1) is 8.66. The van der Waals surface area contributed by atoms with E-state index < -0.39 is 0 Å². The molecule has 0 aliphatic carbocycles. The van der Waals surface area contributed by atoms with Gasteiger partial charge in [-0.2, -0.15) is 0 Å². The highest BCUT2D eigenvalue weighted by Crippen LogP contribution is 2.27. The van der Waals surface area contributed by atoms with Gasteiger partial charge in [0.2, 0.25) is 0 Å². The van der Waals surface area contributed by atoms with Crippen LogP contribution >= 0.6 is 0 Å². The second-order valence-electron chi connectivity index (χ2n) is 4.33. The number of hydrogen-bond donors (Lipinski definition) is 4. The van der Waals surface area contributed by atoms with Crippen LogP contribution in [0.2, 0.25) is 0 Å². The number of rotatable bonds is 10. The molecule has 0 spiro atoms. The van der Waals surface area contributed by atoms with Crippen molar-refractivity contribution in [3.63, 3.8) is 0 Å². The Bertz CT molecular complexity index is 136. The van der Waals surface area contributed by atoms with Gasteiger partial charge in [0.15, 0.2) is 0 Å². The first-order valence-corrected chi connectivity index (χ1v) is 6.67. The van der Waals surface area contributed by atoms with Crippen molar-refractivity contribution in [2.24, 2.45) is 5.41 Å². The quantitative estimate of drug-likeness (QED) is 0.433. The van der Waals surface area contributed by atoms with Crippen LogP contribution in [0.4, 0.5) is 0 Å². The van der Waals surface area contributed by atoms with E-state index in [4.69, 9.17) is 20.4 Å². The van der Waals surface area contributed by atoms with Gasteiger partial charge in [-0.1, -0.05) is 26.7 Å². The predicted molar refractivity (Wildman–Crippen MR) is 71.4 cm³/mol. The summed E-state index contributed by atoms with van der Waals surface area (Å²) in [5, 5.41) is 34.3. The lowest BCUT2D eigenvalue weighted by Crippen LogP contribution is -2.28. The fraction of sp³-hybridized carbons (Fsp3) is 1.00. The van der Waals surface area contributed by atoms with E-state index in [-0.39, 0.29) is 31.8 Å². The Kier molecular flexibility index (Phi) is 16.6. The monoisotopic (exact) mass is 266 g/mol. The van der Waals surface area contributed by atoms with E-state index in [2.05, 4.69) is 11.7 Å². The molecular formula is C13H30O5. The first kappa shape index (κ1) is 20.1. The number of unbranched alkanes of at least 4 members (excludes halogenated alkanes) is 1. The van der Waals surface area contributed by atoms with Crippen molar-refractivity contribution in [2.45, 2.75) is 39.5 Å². The van der Waals surface area contributed by atoms with Crippen molar-refractivity contribution in [1.29, 1.82) is 0 Å². The second kappa shape index (κ2) is 14.9. The first-order valence-electron chi connectivity index (χ1n) is 6.67. The molecule has 0 rings (SSSR count). The summed E-state index contributed by atoms with van der Waals surface area (Å²) in [5.74, 6) is 0. The molecule has 5 nitrogen and oxygen atoms in total. The third-order valence-corrected chi connectivity index (χ3v) is 2.95. The average Bonchev–Trinajstić information content (AvgIpc) is 2.42. The Morgan fingerprint density at radius 1 is 0.889 bits per heavy atom. The molecule has 0 saturated heterocycles. The largest absolute Gasteiger partial charge is 0.396 e. The molecule has 18 heavy (non-hydrogen) atoms. The molecule has 0 aromatic rings. The number of aliphatic hydroxyl groups is 4. The van der Waals surface area contributed by atoms with Crippen molar-refractivity contribution in [2.75, 3.05) is 39.6 Å². The van der Waals surface area contributed by atoms with Crippen LogP contribution in [0.25, 0.3) is 0 Å². The van der Waals surface area contributed by atoms with E-state index >= 15 is 0 Å². The van der Waals surface area contributed by atoms with Crippen LogP contribution in [-0.4, -0.2) is 60.1 Å². The fourth-order valence-corrected chi connectivity index (χ4v) is 1.39. The van der Waals surface area contributed by atoms with E-state index in [0.717, 1.165) is 25.7 Å². The minimum Gasteiger partial charge on any atom is -0.396 e. The van der Waals surface area contributed by atoms with Gasteiger partial charge in [-0.25, -0.2) is 0 Å². The average molecular weight is 266 g/mol. The van der Waals surface area contributed by atoms with Crippen molar-refractivity contribution in [3.8, 4) is 0 Å². The lowest BCUT2D eigenvalue weighted by Gasteiger charge is -2.27. The minimum absolute atomic E-state index is 0.0278. The Morgan fingerprint density at radius 2 is 1.39 bits per heavy atom. The maximum absolute atomic E-state index is 9.04. The van der Waals surface area contributed by atoms with Gasteiger partial charge < -0.3 is 25.2 Å². The molecule has 4 N–H and O–H groups in total. The summed E-state index contributed by atoms with van der Waals surface area (Å²) in [6.07, 6.45) is 4.02. The highest BCUT2D eigenvalue weighted by Gasteiger charge is 2.25. The normalized spacial score (nSPS) is 11.0. The van der Waals surface area contributed by atoms with Gasteiger partial charge in [-0.3, -0.25) is 0 Å². The maximum atomic E-state index is 9.04. The van der Waals surface area contributed by atoms with E-state index in [9.17, 15) is 0 Å². The smallest absolute Gasteiger partial charge is 0.0698 e. The lowest BCUT2D eigenvalue weighted by atomic mass is 9.82. The molecule has 5 heteroatoms. The maximum Gasteiger partial charge on any atom is 0.0698 e. The summed E-state index contributed by atoms with van der Waals surface area (Å²) in [6.45, 7) is 5.05. The van der Waals surface area contributed by atoms with Crippen molar-refractivity contribution in [3.05, 3.63) is 0 Å². The zero-order valence-electron chi connectivity index (χ0n) is 11.8. The zero-order chi connectivity index (χ0) is 14.3. The summed E-state index contributed by atoms with van der Waals surface area (Å²) in [7, 11) is 0. The molecule has 0 aromatic carbocycles. The van der Waals surface area contributed by atoms with Crippen molar-refractivity contribution >= 4 is 0 Å². The summed E-state index contributed by atoms with van der Waals surface area (Å²) in [4.78, 5) is 0. The zero-order valence-corrected chi connectivity index (χ0v) is 11.8. The van der Waals surface area contributed by atoms with Crippen LogP contribution in [0.1, 0.15) is 39.5 Å². The van der Waals surface area contributed by atoms with E-state index in [1.165, 1.54) is 0 Å². The number of aliphatic hydroxyl groups excluding tert-OH is 4. The van der Waals surface area contributed by atoms with E-state index in [1.54, 1.807) is 0 Å². The summed E-state index contributed by atoms with van der Waals surface area (Å²) in [6, 6.07) is 0. The summed E-state index contributed by atoms with van der Waals surface area (Å²) < 4.78 is 4.63. The van der Waals surface area contributed by atoms with Crippen molar-refractivity contribution in [1.82, 2.24) is 0 Å². The van der Waals surface area contributed by atoms with E-state index in [0.29, 0.717) is 13.2 Å². The molecule has 0 saturated carbocycles. The standard InChI is InChI=1S/C9H20O2.C4H10O3/c1-3-5-6-9(4-2,7-10)8-11;5-1-3-7-4-2-6/h10-11H,3-8H2,1-2H3;5-6H,1-4H2. The van der Waals surface area contributed by atoms with Crippen LogP contribution in [-0.2, 0) is 4.74 Å². The highest BCUT2D eigenvalue weighted by molar-refractivity contribution is 4.75. The SMILES string of the molecule is CCCCC(CC)(CO)CO.OCCOCCO. The third-order valence-electron chi connectivity index (χ3n) is 2.95. The van der Waals surface area contributed by atoms with Gasteiger partial charge in [0.1, 0.15) is 0 Å².